The fourth-order valence-electron chi connectivity index (χ4n) is 3.26. The molecule has 1 aliphatic rings. The Morgan fingerprint density at radius 3 is 2.03 bits per heavy atom. The molecule has 0 aromatic heterocycles. The largest absolute Gasteiger partial charge is 0.430 e. The molecule has 1 heterocycles. The number of nitrogens with zero attached hydrogens (tertiary/aromatic N) is 2. The lowest BCUT2D eigenvalue weighted by Crippen LogP contribution is -2.54. The summed E-state index contributed by atoms with van der Waals surface area (Å²) >= 11 is 0. The number of carbonyl (C=O) groups excluding carboxylic acids is 2. The van der Waals surface area contributed by atoms with Crippen molar-refractivity contribution in [2.45, 2.75) is 24.9 Å². The van der Waals surface area contributed by atoms with E-state index in [0.29, 0.717) is 17.0 Å². The van der Waals surface area contributed by atoms with Gasteiger partial charge in [0, 0.05) is 11.6 Å². The summed E-state index contributed by atoms with van der Waals surface area (Å²) in [6.45, 7) is 1.02. The van der Waals surface area contributed by atoms with Crippen molar-refractivity contribution < 1.29 is 46.0 Å². The predicted molar refractivity (Wildman–Crippen MR) is 91.4 cm³/mol. The average Bonchev–Trinajstić information content (AvgIpc) is 2.90. The number of aryl methyl sites for hydroxylation is 1. The number of carbonyl (C=O) groups is 2. The van der Waals surface area contributed by atoms with Crippen molar-refractivity contribution in [1.29, 1.82) is 0 Å². The van der Waals surface area contributed by atoms with Crippen LogP contribution in [0.2, 0.25) is 0 Å². The first-order valence-corrected chi connectivity index (χ1v) is 8.26. The van der Waals surface area contributed by atoms with Gasteiger partial charge in [0.25, 0.3) is 23.1 Å². The summed E-state index contributed by atoms with van der Waals surface area (Å²) < 4.78 is 78.5. The molecular formula is C18H10F6N2O5. The van der Waals surface area contributed by atoms with Crippen LogP contribution in [0.15, 0.2) is 36.4 Å². The van der Waals surface area contributed by atoms with Gasteiger partial charge in [-0.2, -0.15) is 26.3 Å². The zero-order valence-electron chi connectivity index (χ0n) is 15.2. The molecule has 0 saturated carbocycles. The van der Waals surface area contributed by atoms with Crippen molar-refractivity contribution in [3.8, 4) is 0 Å². The number of imide groups is 1. The molecule has 3 rings (SSSR count). The molecule has 0 saturated heterocycles. The quantitative estimate of drug-likeness (QED) is 0.331. The molecule has 0 atom stereocenters. The second-order valence-corrected chi connectivity index (χ2v) is 6.61. The molecule has 2 amide bonds. The summed E-state index contributed by atoms with van der Waals surface area (Å²) in [6.07, 6.45) is -12.2. The van der Waals surface area contributed by atoms with Gasteiger partial charge < -0.3 is 5.11 Å². The first kappa shape index (κ1) is 22.2. The number of aliphatic hydroxyl groups is 1. The summed E-state index contributed by atoms with van der Waals surface area (Å²) in [6, 6.07) is 4.49. The van der Waals surface area contributed by atoms with Crippen LogP contribution in [0.3, 0.4) is 0 Å². The first-order valence-electron chi connectivity index (χ1n) is 8.26. The van der Waals surface area contributed by atoms with Crippen LogP contribution < -0.4 is 4.90 Å². The van der Waals surface area contributed by atoms with E-state index >= 15 is 0 Å². The van der Waals surface area contributed by atoms with Crippen LogP contribution in [0.1, 0.15) is 31.8 Å². The third-order valence-electron chi connectivity index (χ3n) is 4.77. The van der Waals surface area contributed by atoms with Crippen molar-refractivity contribution in [3.05, 3.63) is 68.8 Å². The molecule has 0 fully saturated rings. The zero-order chi connectivity index (χ0) is 23.5. The smallest absolute Gasteiger partial charge is 0.369 e. The van der Waals surface area contributed by atoms with E-state index in [9.17, 15) is 51.2 Å². The summed E-state index contributed by atoms with van der Waals surface area (Å²) in [5, 5.41) is 20.7. The van der Waals surface area contributed by atoms with Gasteiger partial charge in [0.1, 0.15) is 5.56 Å². The van der Waals surface area contributed by atoms with Crippen LogP contribution in [-0.2, 0) is 5.60 Å². The van der Waals surface area contributed by atoms with E-state index < -0.39 is 57.2 Å². The van der Waals surface area contributed by atoms with Crippen molar-refractivity contribution >= 4 is 23.2 Å². The fourth-order valence-corrected chi connectivity index (χ4v) is 3.26. The Labute approximate surface area is 168 Å². The van der Waals surface area contributed by atoms with Crippen molar-refractivity contribution in [3.63, 3.8) is 0 Å². The molecule has 0 aliphatic carbocycles. The highest BCUT2D eigenvalue weighted by molar-refractivity contribution is 6.35. The van der Waals surface area contributed by atoms with Gasteiger partial charge in [-0.1, -0.05) is 18.2 Å². The van der Waals surface area contributed by atoms with Gasteiger partial charge in [-0.25, -0.2) is 4.90 Å². The van der Waals surface area contributed by atoms with E-state index in [0.717, 1.165) is 25.1 Å². The molecule has 1 aliphatic heterocycles. The van der Waals surface area contributed by atoms with E-state index in [2.05, 4.69) is 0 Å². The summed E-state index contributed by atoms with van der Waals surface area (Å²) in [5.41, 5.74) is -9.12. The predicted octanol–water partition coefficient (Wildman–Crippen LogP) is 4.02. The van der Waals surface area contributed by atoms with Gasteiger partial charge in [-0.05, 0) is 24.6 Å². The molecule has 2 aromatic rings. The van der Waals surface area contributed by atoms with E-state index in [1.54, 1.807) is 0 Å². The van der Waals surface area contributed by atoms with Crippen LogP contribution in [0.4, 0.5) is 37.7 Å². The Balaban J connectivity index is 2.13. The molecular weight excluding hydrogens is 438 g/mol. The van der Waals surface area contributed by atoms with Crippen LogP contribution in [0.25, 0.3) is 0 Å². The number of hydrogen-bond donors (Lipinski definition) is 1. The lowest BCUT2D eigenvalue weighted by molar-refractivity contribution is -0.385. The Morgan fingerprint density at radius 1 is 0.968 bits per heavy atom. The molecule has 0 radical (unpaired) electrons. The highest BCUT2D eigenvalue weighted by Gasteiger charge is 2.71. The van der Waals surface area contributed by atoms with Crippen molar-refractivity contribution in [2.75, 3.05) is 4.90 Å². The first-order chi connectivity index (χ1) is 14.1. The van der Waals surface area contributed by atoms with E-state index in [-0.39, 0.29) is 17.2 Å². The molecule has 164 valence electrons. The minimum atomic E-state index is -6.12. The Hall–Kier alpha value is -3.48. The third-order valence-corrected chi connectivity index (χ3v) is 4.77. The number of rotatable bonds is 3. The van der Waals surface area contributed by atoms with E-state index in [1.807, 2.05) is 0 Å². The standard InChI is InChI=1S/C18H10F6N2O5/c1-8-7-9(16(29,17(19,20)21)18(22,23)24)5-6-11(8)25-14(27)10-3-2-4-12(26(30)31)13(10)15(25)28/h2-7,29H,1H3. The third kappa shape index (κ3) is 3.12. The maximum atomic E-state index is 13.1. The second-order valence-electron chi connectivity index (χ2n) is 6.61. The minimum absolute atomic E-state index is 0.279. The number of alkyl halides is 6. The average molecular weight is 448 g/mol. The minimum Gasteiger partial charge on any atom is -0.369 e. The maximum Gasteiger partial charge on any atom is 0.430 e. The molecule has 0 unspecified atom stereocenters. The monoisotopic (exact) mass is 448 g/mol. The number of halogens is 6. The molecule has 13 heteroatoms. The highest BCUT2D eigenvalue weighted by atomic mass is 19.4. The topological polar surface area (TPSA) is 101 Å². The van der Waals surface area contributed by atoms with Gasteiger partial charge in [0.15, 0.2) is 0 Å². The Morgan fingerprint density at radius 2 is 1.55 bits per heavy atom. The number of nitro benzene ring substituents is 1. The SMILES string of the molecule is Cc1cc(C(O)(C(F)(F)F)C(F)(F)F)ccc1N1C(=O)c2cccc([N+](=O)[O-])c2C1=O. The number of benzene rings is 2. The molecule has 2 aromatic carbocycles. The number of hydrogen-bond acceptors (Lipinski definition) is 5. The summed E-state index contributed by atoms with van der Waals surface area (Å²) in [7, 11) is 0. The van der Waals surface area contributed by atoms with Gasteiger partial charge >= 0.3 is 12.4 Å². The van der Waals surface area contributed by atoms with Gasteiger partial charge in [-0.3, -0.25) is 19.7 Å². The van der Waals surface area contributed by atoms with Gasteiger partial charge in [0.05, 0.1) is 16.2 Å². The van der Waals surface area contributed by atoms with Crippen LogP contribution in [0.5, 0.6) is 0 Å². The number of amides is 2. The van der Waals surface area contributed by atoms with Crippen molar-refractivity contribution in [1.82, 2.24) is 0 Å². The van der Waals surface area contributed by atoms with Crippen LogP contribution >= 0.6 is 0 Å². The Kier molecular flexibility index (Phi) is 4.85. The highest BCUT2D eigenvalue weighted by Crippen LogP contribution is 2.50. The molecule has 7 nitrogen and oxygen atoms in total. The van der Waals surface area contributed by atoms with Gasteiger partial charge in [0.2, 0.25) is 0 Å². The lowest BCUT2D eigenvalue weighted by Gasteiger charge is -2.33. The molecule has 0 bridgehead atoms. The molecule has 1 N–H and O–H groups in total. The van der Waals surface area contributed by atoms with Crippen LogP contribution in [-0.4, -0.2) is 34.2 Å². The summed E-state index contributed by atoms with van der Waals surface area (Å²) in [4.78, 5) is 35.9. The maximum absolute atomic E-state index is 13.1. The van der Waals surface area contributed by atoms with Gasteiger partial charge in [-0.15, -0.1) is 0 Å². The lowest BCUT2D eigenvalue weighted by atomic mass is 9.90. The van der Waals surface area contributed by atoms with Crippen LogP contribution in [0, 0.1) is 17.0 Å². The fraction of sp³-hybridized carbons (Fsp3) is 0.222. The normalized spacial score (nSPS) is 14.8. The van der Waals surface area contributed by atoms with E-state index in [4.69, 9.17) is 0 Å². The molecule has 31 heavy (non-hydrogen) atoms. The molecule has 0 spiro atoms. The number of nitro groups is 1. The Bertz CT molecular complexity index is 1110. The number of anilines is 1. The van der Waals surface area contributed by atoms with E-state index in [1.165, 1.54) is 0 Å². The number of fused-ring (bicyclic) bond motifs is 1. The zero-order valence-corrected chi connectivity index (χ0v) is 15.2. The second kappa shape index (κ2) is 6.77. The van der Waals surface area contributed by atoms with Crippen molar-refractivity contribution in [2.24, 2.45) is 0 Å². The summed E-state index contributed by atoms with van der Waals surface area (Å²) in [5.74, 6) is -2.20.